The Balaban J connectivity index is 1.78. The van der Waals surface area contributed by atoms with E-state index in [0.717, 1.165) is 11.4 Å². The molecule has 1 aromatic heterocycles. The maximum atomic E-state index is 12.6. The van der Waals surface area contributed by atoms with Crippen LogP contribution in [-0.4, -0.2) is 30.1 Å². The molecular formula is C20H20N4O3. The lowest BCUT2D eigenvalue weighted by Crippen LogP contribution is -2.15. The van der Waals surface area contributed by atoms with E-state index < -0.39 is 0 Å². The first-order chi connectivity index (χ1) is 13.1. The van der Waals surface area contributed by atoms with E-state index in [9.17, 15) is 4.79 Å². The van der Waals surface area contributed by atoms with Gasteiger partial charge in [-0.2, -0.15) is 0 Å². The van der Waals surface area contributed by atoms with Gasteiger partial charge in [-0.05, 0) is 49.4 Å². The molecule has 0 aliphatic heterocycles. The number of amides is 1. The number of nitrogens with one attached hydrogen (secondary N) is 2. The normalized spacial score (nSPS) is 10.2. The van der Waals surface area contributed by atoms with Gasteiger partial charge in [-0.25, -0.2) is 9.97 Å². The van der Waals surface area contributed by atoms with E-state index in [4.69, 9.17) is 9.47 Å². The second kappa shape index (κ2) is 8.18. The Hall–Kier alpha value is -3.61. The Morgan fingerprint density at radius 3 is 2.33 bits per heavy atom. The number of ether oxygens (including phenoxy) is 2. The molecule has 138 valence electrons. The van der Waals surface area contributed by atoms with Crippen LogP contribution in [0.1, 0.15) is 16.2 Å². The molecule has 0 unspecified atom stereocenters. The first-order valence-electron chi connectivity index (χ1n) is 8.29. The van der Waals surface area contributed by atoms with Crippen LogP contribution in [0.15, 0.2) is 54.6 Å². The average molecular weight is 364 g/mol. The van der Waals surface area contributed by atoms with Crippen molar-refractivity contribution in [2.75, 3.05) is 24.9 Å². The summed E-state index contributed by atoms with van der Waals surface area (Å²) < 4.78 is 10.3. The number of hydrogen-bond donors (Lipinski definition) is 2. The van der Waals surface area contributed by atoms with E-state index in [0.29, 0.717) is 23.1 Å². The van der Waals surface area contributed by atoms with Gasteiger partial charge in [0.25, 0.3) is 5.91 Å². The van der Waals surface area contributed by atoms with Crippen molar-refractivity contribution in [3.63, 3.8) is 0 Å². The smallest absolute Gasteiger partial charge is 0.274 e. The topological polar surface area (TPSA) is 85.4 Å². The number of carbonyl (C=O) groups excluding carboxylic acids is 1. The number of rotatable bonds is 6. The van der Waals surface area contributed by atoms with Gasteiger partial charge in [-0.15, -0.1) is 0 Å². The van der Waals surface area contributed by atoms with Crippen LogP contribution in [0.5, 0.6) is 11.5 Å². The maximum absolute atomic E-state index is 12.6. The quantitative estimate of drug-likeness (QED) is 0.692. The lowest BCUT2D eigenvalue weighted by molar-refractivity contribution is 0.102. The van der Waals surface area contributed by atoms with E-state index >= 15 is 0 Å². The summed E-state index contributed by atoms with van der Waals surface area (Å²) >= 11 is 0. The molecule has 0 aliphatic carbocycles. The van der Waals surface area contributed by atoms with Gasteiger partial charge in [0.15, 0.2) is 0 Å². The molecule has 0 spiro atoms. The van der Waals surface area contributed by atoms with Crippen LogP contribution in [-0.2, 0) is 0 Å². The second-order valence-electron chi connectivity index (χ2n) is 5.76. The summed E-state index contributed by atoms with van der Waals surface area (Å²) in [5.74, 6) is 1.43. The zero-order chi connectivity index (χ0) is 19.2. The SMILES string of the molecule is COc1ccc(Nc2nc(C)cc(C(=O)Nc3cccc(OC)c3)n2)cc1. The summed E-state index contributed by atoms with van der Waals surface area (Å²) in [6.45, 7) is 1.81. The molecule has 7 nitrogen and oxygen atoms in total. The zero-order valence-corrected chi connectivity index (χ0v) is 15.3. The molecule has 3 rings (SSSR count). The molecule has 2 N–H and O–H groups in total. The fourth-order valence-electron chi connectivity index (χ4n) is 2.44. The number of hydrogen-bond acceptors (Lipinski definition) is 6. The molecule has 0 saturated carbocycles. The van der Waals surface area contributed by atoms with Gasteiger partial charge in [0.2, 0.25) is 5.95 Å². The van der Waals surface area contributed by atoms with Crippen molar-refractivity contribution < 1.29 is 14.3 Å². The van der Waals surface area contributed by atoms with E-state index in [2.05, 4.69) is 20.6 Å². The van der Waals surface area contributed by atoms with Gasteiger partial charge in [-0.1, -0.05) is 6.07 Å². The molecule has 3 aromatic rings. The van der Waals surface area contributed by atoms with Crippen molar-refractivity contribution in [1.82, 2.24) is 9.97 Å². The lowest BCUT2D eigenvalue weighted by Gasteiger charge is -2.10. The summed E-state index contributed by atoms with van der Waals surface area (Å²) in [5.41, 5.74) is 2.36. The molecule has 0 radical (unpaired) electrons. The molecule has 1 amide bonds. The third-order valence-electron chi connectivity index (χ3n) is 3.76. The Morgan fingerprint density at radius 2 is 1.63 bits per heavy atom. The number of benzene rings is 2. The summed E-state index contributed by atoms with van der Waals surface area (Å²) in [7, 11) is 3.19. The Kier molecular flexibility index (Phi) is 5.51. The van der Waals surface area contributed by atoms with Crippen LogP contribution in [0.2, 0.25) is 0 Å². The van der Waals surface area contributed by atoms with Gasteiger partial charge in [0.1, 0.15) is 17.2 Å². The van der Waals surface area contributed by atoms with Crippen LogP contribution < -0.4 is 20.1 Å². The summed E-state index contributed by atoms with van der Waals surface area (Å²) in [6.07, 6.45) is 0. The van der Waals surface area contributed by atoms with Crippen LogP contribution in [0, 0.1) is 6.92 Å². The largest absolute Gasteiger partial charge is 0.497 e. The molecular weight excluding hydrogens is 344 g/mol. The van der Waals surface area contributed by atoms with Crippen LogP contribution in [0.25, 0.3) is 0 Å². The first-order valence-corrected chi connectivity index (χ1v) is 8.29. The highest BCUT2D eigenvalue weighted by Crippen LogP contribution is 2.20. The van der Waals surface area contributed by atoms with Crippen molar-refractivity contribution >= 4 is 23.2 Å². The molecule has 0 fully saturated rings. The van der Waals surface area contributed by atoms with E-state index in [-0.39, 0.29) is 11.6 Å². The van der Waals surface area contributed by atoms with Crippen molar-refractivity contribution in [3.05, 3.63) is 66.0 Å². The van der Waals surface area contributed by atoms with Crippen molar-refractivity contribution in [2.24, 2.45) is 0 Å². The first kappa shape index (κ1) is 18.2. The number of anilines is 3. The summed E-state index contributed by atoms with van der Waals surface area (Å²) in [6, 6.07) is 16.1. The van der Waals surface area contributed by atoms with Gasteiger partial charge in [0, 0.05) is 23.1 Å². The highest BCUT2D eigenvalue weighted by Gasteiger charge is 2.12. The predicted molar refractivity (Wildman–Crippen MR) is 104 cm³/mol. The van der Waals surface area contributed by atoms with E-state index in [1.807, 2.05) is 31.2 Å². The standard InChI is InChI=1S/C20H20N4O3/c1-13-11-18(19(25)22-15-5-4-6-17(12-15)27-3)24-20(21-13)23-14-7-9-16(26-2)10-8-14/h4-12H,1-3H3,(H,22,25)(H,21,23,24). The average Bonchev–Trinajstić information content (AvgIpc) is 2.68. The zero-order valence-electron chi connectivity index (χ0n) is 15.3. The lowest BCUT2D eigenvalue weighted by atomic mass is 10.2. The van der Waals surface area contributed by atoms with E-state index in [1.165, 1.54) is 0 Å². The molecule has 7 heteroatoms. The summed E-state index contributed by atoms with van der Waals surface area (Å²) in [4.78, 5) is 21.2. The van der Waals surface area contributed by atoms with Crippen LogP contribution >= 0.6 is 0 Å². The number of aromatic nitrogens is 2. The predicted octanol–water partition coefficient (Wildman–Crippen LogP) is 3.80. The van der Waals surface area contributed by atoms with E-state index in [1.54, 1.807) is 44.6 Å². The molecule has 0 saturated heterocycles. The van der Waals surface area contributed by atoms with Gasteiger partial charge < -0.3 is 20.1 Å². The maximum Gasteiger partial charge on any atom is 0.274 e. The summed E-state index contributed by atoms with van der Waals surface area (Å²) in [5, 5.41) is 5.91. The van der Waals surface area contributed by atoms with Crippen molar-refractivity contribution in [3.8, 4) is 11.5 Å². The number of carbonyl (C=O) groups is 1. The fourth-order valence-corrected chi connectivity index (χ4v) is 2.44. The Labute approximate surface area is 157 Å². The van der Waals surface area contributed by atoms with Crippen LogP contribution in [0.3, 0.4) is 0 Å². The van der Waals surface area contributed by atoms with Gasteiger partial charge in [-0.3, -0.25) is 4.79 Å². The minimum Gasteiger partial charge on any atom is -0.497 e. The molecule has 0 aliphatic rings. The van der Waals surface area contributed by atoms with Gasteiger partial charge in [0.05, 0.1) is 14.2 Å². The Morgan fingerprint density at radius 1 is 0.889 bits per heavy atom. The molecule has 0 atom stereocenters. The molecule has 27 heavy (non-hydrogen) atoms. The minimum atomic E-state index is -0.327. The highest BCUT2D eigenvalue weighted by atomic mass is 16.5. The Bertz CT molecular complexity index is 942. The number of methoxy groups -OCH3 is 2. The van der Waals surface area contributed by atoms with Crippen LogP contribution in [0.4, 0.5) is 17.3 Å². The van der Waals surface area contributed by atoms with Gasteiger partial charge >= 0.3 is 0 Å². The highest BCUT2D eigenvalue weighted by molar-refractivity contribution is 6.03. The number of aryl methyl sites for hydroxylation is 1. The third-order valence-corrected chi connectivity index (χ3v) is 3.76. The fraction of sp³-hybridized carbons (Fsp3) is 0.150. The monoisotopic (exact) mass is 364 g/mol. The third kappa shape index (κ3) is 4.72. The second-order valence-corrected chi connectivity index (χ2v) is 5.76. The van der Waals surface area contributed by atoms with Crippen molar-refractivity contribution in [1.29, 1.82) is 0 Å². The minimum absolute atomic E-state index is 0.265. The van der Waals surface area contributed by atoms with Crippen molar-refractivity contribution in [2.45, 2.75) is 6.92 Å². The number of nitrogens with zero attached hydrogens (tertiary/aromatic N) is 2. The molecule has 0 bridgehead atoms. The molecule has 1 heterocycles. The molecule has 2 aromatic carbocycles.